The van der Waals surface area contributed by atoms with Crippen LogP contribution >= 0.6 is 15.9 Å². The number of aromatic nitrogens is 1. The van der Waals surface area contributed by atoms with Crippen LogP contribution in [-0.2, 0) is 19.5 Å². The van der Waals surface area contributed by atoms with Crippen LogP contribution in [0.2, 0.25) is 0 Å². The first-order chi connectivity index (χ1) is 15.1. The van der Waals surface area contributed by atoms with Crippen LogP contribution in [-0.4, -0.2) is 21.9 Å². The second-order valence-corrected chi connectivity index (χ2v) is 9.05. The fourth-order valence-corrected chi connectivity index (χ4v) is 3.97. The van der Waals surface area contributed by atoms with Crippen molar-refractivity contribution in [3.05, 3.63) is 93.7 Å². The largest absolute Gasteiger partial charge is 0.345 e. The molecule has 0 unspecified atom stereocenters. The third kappa shape index (κ3) is 6.83. The highest BCUT2D eigenvalue weighted by molar-refractivity contribution is 9.10. The zero-order valence-electron chi connectivity index (χ0n) is 18.7. The van der Waals surface area contributed by atoms with Gasteiger partial charge < -0.3 is 9.47 Å². The van der Waals surface area contributed by atoms with Crippen molar-refractivity contribution in [2.24, 2.45) is 0 Å². The average molecular weight is 481 g/mol. The molecule has 1 heterocycles. The molecule has 3 aromatic rings. The van der Waals surface area contributed by atoms with Gasteiger partial charge in [0.2, 0.25) is 0 Å². The van der Waals surface area contributed by atoms with Crippen LogP contribution in [0.15, 0.2) is 71.3 Å². The standard InChI is InChI=1S/C27H33BrN2O/c1-3-5-8-22-10-14-24(15-11-22)27(31)30(18-6-4-2)21-26-9-7-19-29(26)20-23-12-16-25(28)17-13-23/h7,9-17,19H,3-6,8,18,20-21H2,1-2H3. The van der Waals surface area contributed by atoms with Gasteiger partial charge in [-0.1, -0.05) is 66.9 Å². The summed E-state index contributed by atoms with van der Waals surface area (Å²) in [4.78, 5) is 15.3. The molecule has 0 saturated carbocycles. The Hall–Kier alpha value is -2.33. The number of carbonyl (C=O) groups is 1. The number of aryl methyl sites for hydroxylation is 1. The Morgan fingerprint density at radius 3 is 2.26 bits per heavy atom. The van der Waals surface area contributed by atoms with Crippen LogP contribution in [0.25, 0.3) is 0 Å². The van der Waals surface area contributed by atoms with Crippen LogP contribution < -0.4 is 0 Å². The molecule has 3 nitrogen and oxygen atoms in total. The highest BCUT2D eigenvalue weighted by Gasteiger charge is 2.17. The van der Waals surface area contributed by atoms with Crippen molar-refractivity contribution >= 4 is 21.8 Å². The number of hydrogen-bond acceptors (Lipinski definition) is 1. The molecule has 3 rings (SSSR count). The van der Waals surface area contributed by atoms with Crippen molar-refractivity contribution in [1.29, 1.82) is 0 Å². The Labute approximate surface area is 195 Å². The molecule has 0 radical (unpaired) electrons. The summed E-state index contributed by atoms with van der Waals surface area (Å²) < 4.78 is 3.32. The first-order valence-corrected chi connectivity index (χ1v) is 12.2. The highest BCUT2D eigenvalue weighted by atomic mass is 79.9. The van der Waals surface area contributed by atoms with Gasteiger partial charge in [-0.2, -0.15) is 0 Å². The number of unbranched alkanes of at least 4 members (excludes halogenated alkanes) is 2. The summed E-state index contributed by atoms with van der Waals surface area (Å²) in [5, 5.41) is 0. The third-order valence-corrected chi connectivity index (χ3v) is 6.16. The van der Waals surface area contributed by atoms with E-state index in [1.165, 1.54) is 24.0 Å². The lowest BCUT2D eigenvalue weighted by atomic mass is 10.1. The summed E-state index contributed by atoms with van der Waals surface area (Å²) in [6.07, 6.45) is 7.63. The predicted molar refractivity (Wildman–Crippen MR) is 132 cm³/mol. The van der Waals surface area contributed by atoms with E-state index in [2.05, 4.69) is 89.1 Å². The summed E-state index contributed by atoms with van der Waals surface area (Å²) in [6.45, 7) is 6.57. The van der Waals surface area contributed by atoms with Crippen LogP contribution in [0.1, 0.15) is 66.7 Å². The van der Waals surface area contributed by atoms with E-state index in [1.54, 1.807) is 0 Å². The molecule has 164 valence electrons. The van der Waals surface area contributed by atoms with Crippen molar-refractivity contribution in [3.63, 3.8) is 0 Å². The van der Waals surface area contributed by atoms with Gasteiger partial charge in [0.1, 0.15) is 0 Å². The minimum Gasteiger partial charge on any atom is -0.345 e. The van der Waals surface area contributed by atoms with E-state index in [0.29, 0.717) is 6.54 Å². The predicted octanol–water partition coefficient (Wildman–Crippen LogP) is 7.08. The number of rotatable bonds is 11. The molecule has 1 amide bonds. The Morgan fingerprint density at radius 1 is 0.903 bits per heavy atom. The van der Waals surface area contributed by atoms with Crippen molar-refractivity contribution in [2.75, 3.05) is 6.54 Å². The van der Waals surface area contributed by atoms with Gasteiger partial charge in [-0.15, -0.1) is 0 Å². The zero-order valence-corrected chi connectivity index (χ0v) is 20.3. The summed E-state index contributed by atoms with van der Waals surface area (Å²) in [5.74, 6) is 0.117. The van der Waals surface area contributed by atoms with Gasteiger partial charge in [0.25, 0.3) is 5.91 Å². The molecule has 31 heavy (non-hydrogen) atoms. The average Bonchev–Trinajstić information content (AvgIpc) is 3.23. The molecule has 1 aromatic heterocycles. The van der Waals surface area contributed by atoms with E-state index in [0.717, 1.165) is 48.1 Å². The van der Waals surface area contributed by atoms with E-state index in [1.807, 2.05) is 17.0 Å². The van der Waals surface area contributed by atoms with Gasteiger partial charge in [-0.3, -0.25) is 4.79 Å². The lowest BCUT2D eigenvalue weighted by Crippen LogP contribution is -2.32. The molecule has 0 aliphatic heterocycles. The Morgan fingerprint density at radius 2 is 1.58 bits per heavy atom. The molecule has 0 aliphatic carbocycles. The summed E-state index contributed by atoms with van der Waals surface area (Å²) in [6, 6.07) is 20.8. The number of hydrogen-bond donors (Lipinski definition) is 0. The van der Waals surface area contributed by atoms with E-state index >= 15 is 0 Å². The van der Waals surface area contributed by atoms with Gasteiger partial charge in [-0.25, -0.2) is 0 Å². The lowest BCUT2D eigenvalue weighted by molar-refractivity contribution is 0.0737. The van der Waals surface area contributed by atoms with Crippen LogP contribution in [0.4, 0.5) is 0 Å². The van der Waals surface area contributed by atoms with Crippen molar-refractivity contribution in [3.8, 4) is 0 Å². The minimum absolute atomic E-state index is 0.117. The highest BCUT2D eigenvalue weighted by Crippen LogP contribution is 2.17. The fourth-order valence-electron chi connectivity index (χ4n) is 3.71. The SMILES string of the molecule is CCCCc1ccc(C(=O)N(CCCC)Cc2cccn2Cc2ccc(Br)cc2)cc1. The monoisotopic (exact) mass is 480 g/mol. The van der Waals surface area contributed by atoms with Crippen LogP contribution in [0, 0.1) is 0 Å². The number of carbonyl (C=O) groups excluding carboxylic acids is 1. The lowest BCUT2D eigenvalue weighted by Gasteiger charge is -2.24. The first-order valence-electron chi connectivity index (χ1n) is 11.4. The van der Waals surface area contributed by atoms with Gasteiger partial charge in [0.15, 0.2) is 0 Å². The molecule has 0 atom stereocenters. The summed E-state index contributed by atoms with van der Waals surface area (Å²) in [5.41, 5.74) is 4.49. The normalized spacial score (nSPS) is 10.9. The van der Waals surface area contributed by atoms with Gasteiger partial charge in [0, 0.05) is 35.0 Å². The summed E-state index contributed by atoms with van der Waals surface area (Å²) in [7, 11) is 0. The molecule has 0 saturated heterocycles. The maximum Gasteiger partial charge on any atom is 0.254 e. The van der Waals surface area contributed by atoms with E-state index < -0.39 is 0 Å². The number of nitrogens with zero attached hydrogens (tertiary/aromatic N) is 2. The minimum atomic E-state index is 0.117. The van der Waals surface area contributed by atoms with Crippen molar-refractivity contribution in [1.82, 2.24) is 9.47 Å². The quantitative estimate of drug-likeness (QED) is 0.287. The molecule has 0 bridgehead atoms. The fraction of sp³-hybridized carbons (Fsp3) is 0.370. The van der Waals surface area contributed by atoms with E-state index in [-0.39, 0.29) is 5.91 Å². The second-order valence-electron chi connectivity index (χ2n) is 8.13. The molecule has 4 heteroatoms. The van der Waals surface area contributed by atoms with Crippen LogP contribution in [0.5, 0.6) is 0 Å². The Balaban J connectivity index is 1.73. The smallest absolute Gasteiger partial charge is 0.254 e. The van der Waals surface area contributed by atoms with Gasteiger partial charge >= 0.3 is 0 Å². The molecular weight excluding hydrogens is 448 g/mol. The molecule has 2 aromatic carbocycles. The third-order valence-electron chi connectivity index (χ3n) is 5.63. The van der Waals surface area contributed by atoms with E-state index in [9.17, 15) is 4.79 Å². The number of halogens is 1. The van der Waals surface area contributed by atoms with Gasteiger partial charge in [0.05, 0.1) is 6.54 Å². The maximum absolute atomic E-state index is 13.3. The maximum atomic E-state index is 13.3. The Bertz CT molecular complexity index is 944. The molecule has 0 spiro atoms. The number of amides is 1. The Kier molecular flexibility index (Phi) is 8.96. The molecular formula is C27H33BrN2O. The molecule has 0 aliphatic rings. The van der Waals surface area contributed by atoms with E-state index in [4.69, 9.17) is 0 Å². The topological polar surface area (TPSA) is 25.2 Å². The summed E-state index contributed by atoms with van der Waals surface area (Å²) >= 11 is 3.50. The van der Waals surface area contributed by atoms with Gasteiger partial charge in [-0.05, 0) is 66.8 Å². The van der Waals surface area contributed by atoms with Crippen molar-refractivity contribution < 1.29 is 4.79 Å². The molecule has 0 N–H and O–H groups in total. The second kappa shape index (κ2) is 11.9. The first kappa shape index (κ1) is 23.3. The number of benzene rings is 2. The van der Waals surface area contributed by atoms with Crippen molar-refractivity contribution in [2.45, 2.75) is 59.0 Å². The zero-order chi connectivity index (χ0) is 22.1. The molecule has 0 fully saturated rings. The van der Waals surface area contributed by atoms with Crippen LogP contribution in [0.3, 0.4) is 0 Å².